The van der Waals surface area contributed by atoms with Crippen LogP contribution in [0.15, 0.2) is 12.4 Å². The number of nitrogens with zero attached hydrogens (tertiary/aromatic N) is 2. The molecule has 1 heterocycles. The highest BCUT2D eigenvalue weighted by molar-refractivity contribution is 5.01. The maximum atomic E-state index is 5.80. The Hall–Kier alpha value is -0.830. The molecule has 0 aromatic carbocycles. The summed E-state index contributed by atoms with van der Waals surface area (Å²) in [5, 5.41) is 4.40. The van der Waals surface area contributed by atoms with Gasteiger partial charge in [-0.1, -0.05) is 12.8 Å². The molecule has 2 rings (SSSR count). The monoisotopic (exact) mass is 193 g/mol. The molecule has 2 unspecified atom stereocenters. The van der Waals surface area contributed by atoms with Crippen LogP contribution in [-0.2, 0) is 0 Å². The van der Waals surface area contributed by atoms with E-state index in [0.29, 0.717) is 12.0 Å². The lowest BCUT2D eigenvalue weighted by atomic mass is 9.85. The summed E-state index contributed by atoms with van der Waals surface area (Å²) < 4.78 is 2.12. The fourth-order valence-corrected chi connectivity index (χ4v) is 2.43. The Balaban J connectivity index is 2.14. The molecule has 14 heavy (non-hydrogen) atoms. The van der Waals surface area contributed by atoms with Crippen LogP contribution in [0.1, 0.15) is 37.3 Å². The summed E-state index contributed by atoms with van der Waals surface area (Å²) in [6, 6.07) is 0.544. The van der Waals surface area contributed by atoms with Gasteiger partial charge in [0.25, 0.3) is 0 Å². The van der Waals surface area contributed by atoms with E-state index in [4.69, 9.17) is 5.73 Å². The Bertz CT molecular complexity index is 292. The number of hydrogen-bond donors (Lipinski definition) is 1. The molecule has 0 saturated heterocycles. The summed E-state index contributed by atoms with van der Waals surface area (Å²) in [7, 11) is 0. The highest BCUT2D eigenvalue weighted by atomic mass is 15.3. The number of aromatic nitrogens is 2. The van der Waals surface area contributed by atoms with Crippen molar-refractivity contribution in [3.05, 3.63) is 18.0 Å². The van der Waals surface area contributed by atoms with E-state index >= 15 is 0 Å². The maximum Gasteiger partial charge on any atom is 0.0559 e. The Morgan fingerprint density at radius 3 is 2.93 bits per heavy atom. The van der Waals surface area contributed by atoms with Crippen LogP contribution in [0.5, 0.6) is 0 Å². The van der Waals surface area contributed by atoms with Crippen LogP contribution in [0.3, 0.4) is 0 Å². The van der Waals surface area contributed by atoms with Gasteiger partial charge in [-0.3, -0.25) is 4.68 Å². The molecule has 0 spiro atoms. The fraction of sp³-hybridized carbons (Fsp3) is 0.727. The highest BCUT2D eigenvalue weighted by Gasteiger charge is 2.25. The molecule has 0 radical (unpaired) electrons. The molecule has 1 aromatic heterocycles. The minimum Gasteiger partial charge on any atom is -0.330 e. The van der Waals surface area contributed by atoms with Gasteiger partial charge in [-0.2, -0.15) is 5.10 Å². The highest BCUT2D eigenvalue weighted by Crippen LogP contribution is 2.32. The first kappa shape index (κ1) is 9.71. The summed E-state index contributed by atoms with van der Waals surface area (Å²) in [5.74, 6) is 0.628. The lowest BCUT2D eigenvalue weighted by molar-refractivity contribution is 0.229. The van der Waals surface area contributed by atoms with E-state index in [2.05, 4.69) is 22.9 Å². The third-order valence-corrected chi connectivity index (χ3v) is 3.24. The molecular weight excluding hydrogens is 174 g/mol. The zero-order valence-electron chi connectivity index (χ0n) is 8.82. The van der Waals surface area contributed by atoms with Crippen molar-refractivity contribution >= 4 is 0 Å². The zero-order chi connectivity index (χ0) is 9.97. The smallest absolute Gasteiger partial charge is 0.0559 e. The van der Waals surface area contributed by atoms with Crippen molar-refractivity contribution in [3.8, 4) is 0 Å². The Labute approximate surface area is 85.3 Å². The molecule has 1 aliphatic rings. The van der Waals surface area contributed by atoms with Gasteiger partial charge in [-0.25, -0.2) is 0 Å². The van der Waals surface area contributed by atoms with E-state index in [9.17, 15) is 0 Å². The number of hydrogen-bond acceptors (Lipinski definition) is 2. The van der Waals surface area contributed by atoms with Gasteiger partial charge in [0.2, 0.25) is 0 Å². The van der Waals surface area contributed by atoms with Crippen molar-refractivity contribution in [3.63, 3.8) is 0 Å². The van der Waals surface area contributed by atoms with Gasteiger partial charge in [0.05, 0.1) is 12.2 Å². The van der Waals surface area contributed by atoms with E-state index in [1.807, 2.05) is 6.20 Å². The van der Waals surface area contributed by atoms with E-state index in [-0.39, 0.29) is 0 Å². The average Bonchev–Trinajstić information content (AvgIpc) is 2.65. The summed E-state index contributed by atoms with van der Waals surface area (Å²) in [6.45, 7) is 2.88. The predicted octanol–water partition coefficient (Wildman–Crippen LogP) is 1.88. The molecule has 2 atom stereocenters. The lowest BCUT2D eigenvalue weighted by Gasteiger charge is -2.30. The van der Waals surface area contributed by atoms with Gasteiger partial charge in [0, 0.05) is 6.20 Å². The average molecular weight is 193 g/mol. The van der Waals surface area contributed by atoms with E-state index in [1.165, 1.54) is 31.2 Å². The summed E-state index contributed by atoms with van der Waals surface area (Å²) >= 11 is 0. The van der Waals surface area contributed by atoms with Crippen LogP contribution in [-0.4, -0.2) is 16.3 Å². The third kappa shape index (κ3) is 1.82. The Kier molecular flexibility index (Phi) is 2.87. The Morgan fingerprint density at radius 1 is 1.50 bits per heavy atom. The molecule has 0 amide bonds. The normalized spacial score (nSPS) is 27.9. The maximum absolute atomic E-state index is 5.80. The van der Waals surface area contributed by atoms with Crippen LogP contribution >= 0.6 is 0 Å². The number of rotatable bonds is 2. The second kappa shape index (κ2) is 4.13. The lowest BCUT2D eigenvalue weighted by Crippen LogP contribution is -2.29. The van der Waals surface area contributed by atoms with E-state index in [0.717, 1.165) is 6.54 Å². The second-order valence-corrected chi connectivity index (χ2v) is 4.35. The third-order valence-electron chi connectivity index (χ3n) is 3.24. The van der Waals surface area contributed by atoms with Crippen molar-refractivity contribution in [2.24, 2.45) is 11.7 Å². The molecular formula is C11H19N3. The van der Waals surface area contributed by atoms with Crippen LogP contribution in [0.4, 0.5) is 0 Å². The van der Waals surface area contributed by atoms with Crippen LogP contribution in [0.25, 0.3) is 0 Å². The molecule has 78 valence electrons. The zero-order valence-corrected chi connectivity index (χ0v) is 8.82. The molecule has 0 aliphatic heterocycles. The topological polar surface area (TPSA) is 43.8 Å². The van der Waals surface area contributed by atoms with Crippen LogP contribution in [0.2, 0.25) is 0 Å². The van der Waals surface area contributed by atoms with Gasteiger partial charge < -0.3 is 5.73 Å². The molecule has 1 saturated carbocycles. The first-order chi connectivity index (χ1) is 6.81. The van der Waals surface area contributed by atoms with Crippen molar-refractivity contribution in [2.45, 2.75) is 38.6 Å². The van der Waals surface area contributed by atoms with Gasteiger partial charge in [0.15, 0.2) is 0 Å². The van der Waals surface area contributed by atoms with Crippen molar-refractivity contribution < 1.29 is 0 Å². The van der Waals surface area contributed by atoms with Crippen molar-refractivity contribution in [1.82, 2.24) is 9.78 Å². The summed E-state index contributed by atoms with van der Waals surface area (Å²) in [5.41, 5.74) is 7.04. The number of nitrogens with two attached hydrogens (primary N) is 1. The van der Waals surface area contributed by atoms with Crippen molar-refractivity contribution in [1.29, 1.82) is 0 Å². The summed E-state index contributed by atoms with van der Waals surface area (Å²) in [4.78, 5) is 0. The van der Waals surface area contributed by atoms with E-state index in [1.54, 1.807) is 0 Å². The molecule has 0 bridgehead atoms. The second-order valence-electron chi connectivity index (χ2n) is 4.35. The standard InChI is InChI=1S/C11H19N3/c1-9-7-13-14(8-9)11-5-3-2-4-10(11)6-12/h7-8,10-11H,2-6,12H2,1H3. The van der Waals surface area contributed by atoms with E-state index < -0.39 is 0 Å². The molecule has 3 heteroatoms. The van der Waals surface area contributed by atoms with Crippen LogP contribution < -0.4 is 5.73 Å². The number of aryl methyl sites for hydroxylation is 1. The van der Waals surface area contributed by atoms with Crippen molar-refractivity contribution in [2.75, 3.05) is 6.54 Å². The molecule has 2 N–H and O–H groups in total. The minimum absolute atomic E-state index is 0.544. The van der Waals surface area contributed by atoms with Gasteiger partial charge in [0.1, 0.15) is 0 Å². The molecule has 1 aliphatic carbocycles. The first-order valence-corrected chi connectivity index (χ1v) is 5.52. The Morgan fingerprint density at radius 2 is 2.29 bits per heavy atom. The summed E-state index contributed by atoms with van der Waals surface area (Å²) in [6.07, 6.45) is 9.22. The SMILES string of the molecule is Cc1cnn(C2CCCCC2CN)c1. The minimum atomic E-state index is 0.544. The quantitative estimate of drug-likeness (QED) is 0.779. The molecule has 1 aromatic rings. The van der Waals surface area contributed by atoms with Gasteiger partial charge in [-0.15, -0.1) is 0 Å². The van der Waals surface area contributed by atoms with Gasteiger partial charge >= 0.3 is 0 Å². The first-order valence-electron chi connectivity index (χ1n) is 5.52. The van der Waals surface area contributed by atoms with Crippen LogP contribution in [0, 0.1) is 12.8 Å². The molecule has 1 fully saturated rings. The predicted molar refractivity (Wildman–Crippen MR) is 57.0 cm³/mol. The fourth-order valence-electron chi connectivity index (χ4n) is 2.43. The van der Waals surface area contributed by atoms with Gasteiger partial charge in [-0.05, 0) is 37.8 Å². The molecule has 3 nitrogen and oxygen atoms in total. The largest absolute Gasteiger partial charge is 0.330 e.